The first kappa shape index (κ1) is 12.3. The summed E-state index contributed by atoms with van der Waals surface area (Å²) in [6.07, 6.45) is 3.05. The van der Waals surface area contributed by atoms with Crippen LogP contribution in [0.2, 0.25) is 5.02 Å². The summed E-state index contributed by atoms with van der Waals surface area (Å²) in [6, 6.07) is 4.61. The smallest absolute Gasteiger partial charge is 0.244 e. The summed E-state index contributed by atoms with van der Waals surface area (Å²) >= 11 is 5.61. The molecule has 1 saturated carbocycles. The van der Waals surface area contributed by atoms with Crippen LogP contribution in [0.25, 0.3) is 0 Å². The van der Waals surface area contributed by atoms with Crippen molar-refractivity contribution in [2.75, 3.05) is 0 Å². The molecule has 100 valence electrons. The van der Waals surface area contributed by atoms with E-state index in [1.54, 1.807) is 6.07 Å². The molecule has 0 spiro atoms. The largest absolute Gasteiger partial charge is 0.364 e. The van der Waals surface area contributed by atoms with Crippen molar-refractivity contribution >= 4 is 11.6 Å². The fourth-order valence-corrected chi connectivity index (χ4v) is 2.17. The number of aromatic nitrogens is 4. The van der Waals surface area contributed by atoms with Crippen LogP contribution in [-0.4, -0.2) is 19.8 Å². The highest BCUT2D eigenvalue weighted by Crippen LogP contribution is 2.29. The van der Waals surface area contributed by atoms with Crippen LogP contribution in [0.15, 0.2) is 23.0 Å². The van der Waals surface area contributed by atoms with E-state index in [2.05, 4.69) is 10.4 Å². The maximum absolute atomic E-state index is 13.3. The summed E-state index contributed by atoms with van der Waals surface area (Å²) in [5, 5.41) is 7.76. The van der Waals surface area contributed by atoms with Gasteiger partial charge in [0.05, 0.1) is 17.6 Å². The second-order valence-corrected chi connectivity index (χ2v) is 5.10. The molecule has 1 aromatic carbocycles. The number of rotatable bonds is 3. The molecular weight excluding hydrogens is 271 g/mol. The lowest BCUT2D eigenvalue weighted by atomic mass is 9.93. The Hall–Kier alpha value is -1.69. The fraction of sp³-hybridized carbons (Fsp3) is 0.417. The van der Waals surface area contributed by atoms with Crippen LogP contribution in [0.1, 0.15) is 30.9 Å². The maximum atomic E-state index is 13.3. The summed E-state index contributed by atoms with van der Waals surface area (Å²) in [5.41, 5.74) is 0.379. The van der Waals surface area contributed by atoms with Gasteiger partial charge in [0.1, 0.15) is 5.82 Å². The second kappa shape index (κ2) is 4.77. The summed E-state index contributed by atoms with van der Waals surface area (Å²) in [4.78, 5) is 12.0. The molecule has 7 heteroatoms. The third kappa shape index (κ3) is 2.28. The van der Waals surface area contributed by atoms with Crippen molar-refractivity contribution in [1.29, 1.82) is 0 Å². The van der Waals surface area contributed by atoms with Gasteiger partial charge in [-0.15, -0.1) is 0 Å². The monoisotopic (exact) mass is 282 g/mol. The van der Waals surface area contributed by atoms with Gasteiger partial charge in [-0.25, -0.2) is 9.18 Å². The van der Waals surface area contributed by atoms with Crippen LogP contribution in [-0.2, 0) is 6.54 Å². The second-order valence-electron chi connectivity index (χ2n) is 4.70. The maximum Gasteiger partial charge on any atom is 0.364 e. The molecule has 1 heterocycles. The Labute approximate surface area is 113 Å². The van der Waals surface area contributed by atoms with Gasteiger partial charge in [0.15, 0.2) is 0 Å². The zero-order chi connectivity index (χ0) is 13.4. The minimum atomic E-state index is -0.501. The molecule has 0 saturated heterocycles. The van der Waals surface area contributed by atoms with E-state index < -0.39 is 5.82 Å². The predicted molar refractivity (Wildman–Crippen MR) is 67.7 cm³/mol. The van der Waals surface area contributed by atoms with Crippen LogP contribution in [0, 0.1) is 5.82 Å². The molecule has 0 N–H and O–H groups in total. The van der Waals surface area contributed by atoms with Gasteiger partial charge in [0, 0.05) is 0 Å². The van der Waals surface area contributed by atoms with Crippen LogP contribution < -0.4 is 5.69 Å². The number of benzene rings is 1. The van der Waals surface area contributed by atoms with Gasteiger partial charge < -0.3 is 0 Å². The summed E-state index contributed by atoms with van der Waals surface area (Å²) in [7, 11) is 0. The number of hydrogen-bond acceptors (Lipinski definition) is 3. The van der Waals surface area contributed by atoms with Crippen LogP contribution in [0.5, 0.6) is 0 Å². The summed E-state index contributed by atoms with van der Waals surface area (Å²) < 4.78 is 16.0. The van der Waals surface area contributed by atoms with Crippen LogP contribution in [0.3, 0.4) is 0 Å². The topological polar surface area (TPSA) is 52.7 Å². The molecule has 0 radical (unpaired) electrons. The molecule has 0 bridgehead atoms. The van der Waals surface area contributed by atoms with Gasteiger partial charge in [-0.1, -0.05) is 17.7 Å². The quantitative estimate of drug-likeness (QED) is 0.865. The lowest BCUT2D eigenvalue weighted by Crippen LogP contribution is -2.31. The van der Waals surface area contributed by atoms with E-state index in [0.29, 0.717) is 5.56 Å². The zero-order valence-corrected chi connectivity index (χ0v) is 10.8. The Bertz CT molecular complexity index is 662. The normalized spacial score (nSPS) is 15.5. The Morgan fingerprint density at radius 2 is 2.16 bits per heavy atom. The third-order valence-electron chi connectivity index (χ3n) is 3.40. The summed E-state index contributed by atoms with van der Waals surface area (Å²) in [5.74, 6) is -0.501. The minimum Gasteiger partial charge on any atom is -0.244 e. The Kier molecular flexibility index (Phi) is 3.10. The van der Waals surface area contributed by atoms with Gasteiger partial charge in [-0.3, -0.25) is 0 Å². The van der Waals surface area contributed by atoms with Gasteiger partial charge in [-0.05, 0) is 47.4 Å². The Morgan fingerprint density at radius 3 is 2.79 bits per heavy atom. The molecule has 1 aromatic heterocycles. The third-order valence-corrected chi connectivity index (χ3v) is 3.70. The first-order valence-corrected chi connectivity index (χ1v) is 6.49. The van der Waals surface area contributed by atoms with Crippen molar-refractivity contribution in [2.24, 2.45) is 0 Å². The van der Waals surface area contributed by atoms with Gasteiger partial charge in [0.25, 0.3) is 0 Å². The van der Waals surface area contributed by atoms with E-state index in [0.717, 1.165) is 19.3 Å². The van der Waals surface area contributed by atoms with E-state index in [1.807, 2.05) is 0 Å². The van der Waals surface area contributed by atoms with Crippen molar-refractivity contribution in [2.45, 2.75) is 31.8 Å². The number of hydrogen-bond donors (Lipinski definition) is 0. The average Bonchev–Trinajstić information content (AvgIpc) is 2.65. The van der Waals surface area contributed by atoms with E-state index in [-0.39, 0.29) is 23.3 Å². The Balaban J connectivity index is 1.85. The molecule has 3 rings (SSSR count). The van der Waals surface area contributed by atoms with Crippen LogP contribution in [0.4, 0.5) is 4.39 Å². The van der Waals surface area contributed by atoms with Crippen LogP contribution >= 0.6 is 11.6 Å². The number of tetrazole rings is 1. The lowest BCUT2D eigenvalue weighted by Gasteiger charge is -2.23. The average molecular weight is 283 g/mol. The standard InChI is InChI=1S/C12H12ClFN4O/c13-10-5-4-8(6-11(10)14)7-17-12(19)18(16-15-17)9-2-1-3-9/h4-6,9H,1-3,7H2. The Morgan fingerprint density at radius 1 is 1.37 bits per heavy atom. The van der Waals surface area contributed by atoms with E-state index in [4.69, 9.17) is 11.6 Å². The van der Waals surface area contributed by atoms with E-state index >= 15 is 0 Å². The number of nitrogens with zero attached hydrogens (tertiary/aromatic N) is 4. The molecule has 19 heavy (non-hydrogen) atoms. The van der Waals surface area contributed by atoms with Crippen molar-refractivity contribution < 1.29 is 4.39 Å². The molecule has 0 unspecified atom stereocenters. The molecule has 0 amide bonds. The van der Waals surface area contributed by atoms with Gasteiger partial charge >= 0.3 is 5.69 Å². The van der Waals surface area contributed by atoms with Gasteiger partial charge in [-0.2, -0.15) is 9.36 Å². The van der Waals surface area contributed by atoms with Crippen molar-refractivity contribution in [3.05, 3.63) is 45.1 Å². The van der Waals surface area contributed by atoms with E-state index in [1.165, 1.54) is 21.5 Å². The first-order chi connectivity index (χ1) is 9.15. The van der Waals surface area contributed by atoms with Crippen molar-refractivity contribution in [1.82, 2.24) is 19.8 Å². The first-order valence-electron chi connectivity index (χ1n) is 6.11. The lowest BCUT2D eigenvalue weighted by molar-refractivity contribution is 0.277. The number of halogens is 2. The zero-order valence-electron chi connectivity index (χ0n) is 10.1. The molecule has 5 nitrogen and oxygen atoms in total. The highest BCUT2D eigenvalue weighted by atomic mass is 35.5. The molecule has 0 aliphatic heterocycles. The predicted octanol–water partition coefficient (Wildman–Crippen LogP) is 2.01. The minimum absolute atomic E-state index is 0.0641. The van der Waals surface area contributed by atoms with Crippen molar-refractivity contribution in [3.63, 3.8) is 0 Å². The molecule has 0 atom stereocenters. The van der Waals surface area contributed by atoms with E-state index in [9.17, 15) is 9.18 Å². The van der Waals surface area contributed by atoms with Crippen molar-refractivity contribution in [3.8, 4) is 0 Å². The molecule has 2 aromatic rings. The molecule has 1 aliphatic rings. The molecule has 1 aliphatic carbocycles. The van der Waals surface area contributed by atoms with Gasteiger partial charge in [0.2, 0.25) is 0 Å². The highest BCUT2D eigenvalue weighted by Gasteiger charge is 2.23. The summed E-state index contributed by atoms with van der Waals surface area (Å²) in [6.45, 7) is 0.194. The SMILES string of the molecule is O=c1n(Cc2ccc(Cl)c(F)c2)nnn1C1CCC1. The highest BCUT2D eigenvalue weighted by molar-refractivity contribution is 6.30. The molecular formula is C12H12ClFN4O. The molecule has 1 fully saturated rings. The fourth-order valence-electron chi connectivity index (χ4n) is 2.06.